The summed E-state index contributed by atoms with van der Waals surface area (Å²) in [5, 5.41) is 10.0. The number of rotatable bonds is 4. The second-order valence-corrected chi connectivity index (χ2v) is 6.25. The predicted molar refractivity (Wildman–Crippen MR) is 93.8 cm³/mol. The van der Waals surface area contributed by atoms with Crippen molar-refractivity contribution in [3.8, 4) is 5.88 Å². The Hall–Kier alpha value is -2.90. The van der Waals surface area contributed by atoms with E-state index in [1.165, 1.54) is 0 Å². The normalized spacial score (nSPS) is 11.0. The number of benzene rings is 1. The Morgan fingerprint density at radius 1 is 1.29 bits per heavy atom. The molecular weight excluding hydrogens is 310 g/mol. The molecule has 0 aliphatic rings. The Balaban J connectivity index is 2.14. The molecule has 0 aliphatic heterocycles. The Morgan fingerprint density at radius 2 is 2.00 bits per heavy atom. The molecule has 24 heavy (non-hydrogen) atoms. The molecule has 0 atom stereocenters. The number of anilines is 4. The molecule has 8 heteroatoms. The van der Waals surface area contributed by atoms with Crippen LogP contribution in [0.25, 0.3) is 0 Å². The van der Waals surface area contributed by atoms with Crippen LogP contribution in [0.5, 0.6) is 5.88 Å². The first-order valence-electron chi connectivity index (χ1n) is 7.42. The van der Waals surface area contributed by atoms with Gasteiger partial charge in [-0.3, -0.25) is 5.32 Å². The lowest BCUT2D eigenvalue weighted by molar-refractivity contribution is 0.0636. The fourth-order valence-electron chi connectivity index (χ4n) is 2.00. The number of hydrogen-bond donors (Lipinski definition) is 3. The predicted octanol–water partition coefficient (Wildman–Crippen LogP) is 3.10. The largest absolute Gasteiger partial charge is 0.481 e. The van der Waals surface area contributed by atoms with E-state index in [1.807, 2.05) is 0 Å². The highest BCUT2D eigenvalue weighted by Gasteiger charge is 2.16. The number of methoxy groups -OCH3 is 1. The summed E-state index contributed by atoms with van der Waals surface area (Å²) in [6.45, 7) is 5.41. The van der Waals surface area contributed by atoms with Gasteiger partial charge in [0.1, 0.15) is 5.60 Å². The van der Waals surface area contributed by atoms with Crippen LogP contribution < -0.4 is 21.1 Å². The maximum atomic E-state index is 11.9. The molecule has 1 aromatic heterocycles. The lowest BCUT2D eigenvalue weighted by Crippen LogP contribution is -2.27. The van der Waals surface area contributed by atoms with E-state index in [9.17, 15) is 4.79 Å². The lowest BCUT2D eigenvalue weighted by atomic mass is 10.2. The highest BCUT2D eigenvalue weighted by atomic mass is 16.6. The van der Waals surface area contributed by atoms with Gasteiger partial charge in [-0.05, 0) is 39.0 Å². The zero-order valence-corrected chi connectivity index (χ0v) is 14.5. The first-order valence-corrected chi connectivity index (χ1v) is 7.42. The average molecular weight is 333 g/mol. The molecule has 0 saturated heterocycles. The standard InChI is InChI=1S/C16H23N5O3/c1-16(2,3)24-15(22)18-10-6-7-11(17)12(8-10)19-13-9-14(23-5)21(4)20-13/h6-9H,17H2,1-5H3,(H,18,22)(H,19,20). The summed E-state index contributed by atoms with van der Waals surface area (Å²) in [6, 6.07) is 6.84. The van der Waals surface area contributed by atoms with Crippen molar-refractivity contribution in [3.05, 3.63) is 24.3 Å². The second kappa shape index (κ2) is 6.69. The number of ether oxygens (including phenoxy) is 2. The SMILES string of the molecule is COc1cc(Nc2cc(NC(=O)OC(C)(C)C)ccc2N)nn1C. The van der Waals surface area contributed by atoms with Crippen molar-refractivity contribution in [1.82, 2.24) is 9.78 Å². The number of aromatic nitrogens is 2. The zero-order chi connectivity index (χ0) is 17.9. The molecule has 4 N–H and O–H groups in total. The molecule has 2 rings (SSSR count). The molecule has 1 aromatic carbocycles. The van der Waals surface area contributed by atoms with Gasteiger partial charge in [-0.2, -0.15) is 5.10 Å². The van der Waals surface area contributed by atoms with Gasteiger partial charge in [-0.25, -0.2) is 9.48 Å². The van der Waals surface area contributed by atoms with E-state index in [1.54, 1.807) is 63.9 Å². The van der Waals surface area contributed by atoms with Gasteiger partial charge in [0.15, 0.2) is 5.82 Å². The lowest BCUT2D eigenvalue weighted by Gasteiger charge is -2.20. The van der Waals surface area contributed by atoms with E-state index in [2.05, 4.69) is 15.7 Å². The van der Waals surface area contributed by atoms with Gasteiger partial charge in [0.25, 0.3) is 0 Å². The van der Waals surface area contributed by atoms with Crippen LogP contribution in [-0.4, -0.2) is 28.6 Å². The summed E-state index contributed by atoms with van der Waals surface area (Å²) in [6.07, 6.45) is -0.530. The minimum Gasteiger partial charge on any atom is -0.481 e. The molecule has 1 heterocycles. The highest BCUT2D eigenvalue weighted by Crippen LogP contribution is 2.27. The first kappa shape index (κ1) is 17.5. The maximum Gasteiger partial charge on any atom is 0.412 e. The van der Waals surface area contributed by atoms with Crippen molar-refractivity contribution >= 4 is 29.0 Å². The number of nitrogen functional groups attached to an aromatic ring is 1. The van der Waals surface area contributed by atoms with E-state index in [-0.39, 0.29) is 0 Å². The van der Waals surface area contributed by atoms with Gasteiger partial charge >= 0.3 is 6.09 Å². The molecule has 130 valence electrons. The average Bonchev–Trinajstić information content (AvgIpc) is 2.80. The van der Waals surface area contributed by atoms with Crippen molar-refractivity contribution < 1.29 is 14.3 Å². The third-order valence-corrected chi connectivity index (χ3v) is 3.01. The van der Waals surface area contributed by atoms with Crippen LogP contribution >= 0.6 is 0 Å². The molecule has 0 bridgehead atoms. The summed E-state index contributed by atoms with van der Waals surface area (Å²) in [7, 11) is 3.34. The highest BCUT2D eigenvalue weighted by molar-refractivity contribution is 5.87. The van der Waals surface area contributed by atoms with Crippen LogP contribution in [0.4, 0.5) is 27.7 Å². The Morgan fingerprint density at radius 3 is 2.58 bits per heavy atom. The van der Waals surface area contributed by atoms with Gasteiger partial charge in [-0.15, -0.1) is 0 Å². The third kappa shape index (κ3) is 4.55. The Bertz CT molecular complexity index is 734. The molecule has 1 amide bonds. The Kier molecular flexibility index (Phi) is 4.87. The molecule has 0 aliphatic carbocycles. The second-order valence-electron chi connectivity index (χ2n) is 6.25. The number of hydrogen-bond acceptors (Lipinski definition) is 6. The van der Waals surface area contributed by atoms with Gasteiger partial charge in [0.2, 0.25) is 5.88 Å². The fourth-order valence-corrected chi connectivity index (χ4v) is 2.00. The molecule has 0 saturated carbocycles. The fraction of sp³-hybridized carbons (Fsp3) is 0.375. The van der Waals surface area contributed by atoms with Gasteiger partial charge in [-0.1, -0.05) is 0 Å². The van der Waals surface area contributed by atoms with Crippen LogP contribution in [0.1, 0.15) is 20.8 Å². The minimum absolute atomic E-state index is 0.523. The number of carbonyl (C=O) groups excluding carboxylic acids is 1. The Labute approximate surface area is 140 Å². The quantitative estimate of drug-likeness (QED) is 0.743. The van der Waals surface area contributed by atoms with E-state index < -0.39 is 11.7 Å². The van der Waals surface area contributed by atoms with Crippen molar-refractivity contribution in [2.75, 3.05) is 23.5 Å². The first-order chi connectivity index (χ1) is 11.2. The number of nitrogens with zero attached hydrogens (tertiary/aromatic N) is 2. The van der Waals surface area contributed by atoms with Gasteiger partial charge in [0.05, 0.1) is 18.5 Å². The molecule has 0 unspecified atom stereocenters. The molecule has 0 radical (unpaired) electrons. The molecule has 0 spiro atoms. The summed E-state index contributed by atoms with van der Waals surface area (Å²) >= 11 is 0. The molecular formula is C16H23N5O3. The summed E-state index contributed by atoms with van der Waals surface area (Å²) in [4.78, 5) is 11.9. The number of nitrogens with two attached hydrogens (primary N) is 1. The van der Waals surface area contributed by atoms with Crippen LogP contribution in [0.15, 0.2) is 24.3 Å². The number of nitrogens with one attached hydrogen (secondary N) is 2. The van der Waals surface area contributed by atoms with Crippen molar-refractivity contribution in [2.24, 2.45) is 7.05 Å². The van der Waals surface area contributed by atoms with E-state index in [0.29, 0.717) is 28.8 Å². The summed E-state index contributed by atoms with van der Waals surface area (Å²) in [5.74, 6) is 1.19. The van der Waals surface area contributed by atoms with E-state index in [0.717, 1.165) is 0 Å². The minimum atomic E-state index is -0.566. The van der Waals surface area contributed by atoms with E-state index >= 15 is 0 Å². The van der Waals surface area contributed by atoms with Crippen molar-refractivity contribution in [1.29, 1.82) is 0 Å². The number of amides is 1. The maximum absolute atomic E-state index is 11.9. The topological polar surface area (TPSA) is 103 Å². The number of carbonyl (C=O) groups is 1. The molecule has 0 fully saturated rings. The smallest absolute Gasteiger partial charge is 0.412 e. The van der Waals surface area contributed by atoms with Crippen LogP contribution in [0.3, 0.4) is 0 Å². The van der Waals surface area contributed by atoms with Gasteiger partial charge in [0, 0.05) is 18.8 Å². The zero-order valence-electron chi connectivity index (χ0n) is 14.5. The van der Waals surface area contributed by atoms with Gasteiger partial charge < -0.3 is 20.5 Å². The molecule has 2 aromatic rings. The van der Waals surface area contributed by atoms with Crippen molar-refractivity contribution in [3.63, 3.8) is 0 Å². The molecule has 8 nitrogen and oxygen atoms in total. The van der Waals surface area contributed by atoms with Crippen LogP contribution in [-0.2, 0) is 11.8 Å². The third-order valence-electron chi connectivity index (χ3n) is 3.01. The van der Waals surface area contributed by atoms with Crippen molar-refractivity contribution in [2.45, 2.75) is 26.4 Å². The van der Waals surface area contributed by atoms with Crippen LogP contribution in [0, 0.1) is 0 Å². The summed E-state index contributed by atoms with van der Waals surface area (Å²) < 4.78 is 12.0. The van der Waals surface area contributed by atoms with E-state index in [4.69, 9.17) is 15.2 Å². The van der Waals surface area contributed by atoms with Crippen LogP contribution in [0.2, 0.25) is 0 Å². The monoisotopic (exact) mass is 333 g/mol. The summed E-state index contributed by atoms with van der Waals surface area (Å²) in [5.41, 5.74) is 7.11. The number of aryl methyl sites for hydroxylation is 1.